The maximum absolute atomic E-state index is 12.3. The lowest BCUT2D eigenvalue weighted by Crippen LogP contribution is -1.96. The Bertz CT molecular complexity index is 381. The van der Waals surface area contributed by atoms with Gasteiger partial charge in [-0.1, -0.05) is 37.6 Å². The van der Waals surface area contributed by atoms with Crippen molar-refractivity contribution < 1.29 is 12.3 Å². The molecule has 0 aliphatic carbocycles. The maximum atomic E-state index is 12.3. The van der Waals surface area contributed by atoms with Crippen LogP contribution in [0.2, 0.25) is 0 Å². The molecule has 4 heteroatoms. The van der Waals surface area contributed by atoms with Crippen molar-refractivity contribution in [1.29, 1.82) is 0 Å². The van der Waals surface area contributed by atoms with Crippen LogP contribution in [0.5, 0.6) is 0 Å². The van der Waals surface area contributed by atoms with Gasteiger partial charge in [0.25, 0.3) is 0 Å². The Morgan fingerprint density at radius 2 is 1.64 bits per heavy atom. The van der Waals surface area contributed by atoms with Gasteiger partial charge in [-0.05, 0) is 17.5 Å². The average molecular weight is 216 g/mol. The van der Waals surface area contributed by atoms with Crippen LogP contribution in [0.15, 0.2) is 24.3 Å². The van der Waals surface area contributed by atoms with Crippen molar-refractivity contribution in [3.05, 3.63) is 35.4 Å². The van der Waals surface area contributed by atoms with Crippen LogP contribution in [0.4, 0.5) is 3.89 Å². The van der Waals surface area contributed by atoms with Gasteiger partial charge < -0.3 is 0 Å². The molecule has 14 heavy (non-hydrogen) atoms. The van der Waals surface area contributed by atoms with Crippen LogP contribution in [-0.4, -0.2) is 8.42 Å². The third-order valence-electron chi connectivity index (χ3n) is 1.90. The van der Waals surface area contributed by atoms with Crippen LogP contribution in [0.3, 0.4) is 0 Å². The molecule has 0 atom stereocenters. The van der Waals surface area contributed by atoms with E-state index in [4.69, 9.17) is 0 Å². The lowest BCUT2D eigenvalue weighted by Gasteiger charge is -2.00. The normalized spacial score (nSPS) is 11.6. The van der Waals surface area contributed by atoms with Crippen molar-refractivity contribution in [3.63, 3.8) is 0 Å². The molecule has 0 aliphatic heterocycles. The lowest BCUT2D eigenvalue weighted by atomic mass is 10.1. The Morgan fingerprint density at radius 3 is 2.07 bits per heavy atom. The number of hydrogen-bond acceptors (Lipinski definition) is 2. The summed E-state index contributed by atoms with van der Waals surface area (Å²) in [6.45, 7) is 2.07. The second kappa shape index (κ2) is 4.55. The molecular formula is C10H13FO2S. The van der Waals surface area contributed by atoms with Crippen molar-refractivity contribution in [2.24, 2.45) is 0 Å². The number of rotatable bonds is 4. The summed E-state index contributed by atoms with van der Waals surface area (Å²) >= 11 is 0. The zero-order valence-electron chi connectivity index (χ0n) is 8.03. The summed E-state index contributed by atoms with van der Waals surface area (Å²) in [4.78, 5) is 0. The third kappa shape index (κ3) is 3.87. The van der Waals surface area contributed by atoms with E-state index in [0.717, 1.165) is 18.4 Å². The first-order valence-electron chi connectivity index (χ1n) is 4.51. The van der Waals surface area contributed by atoms with Gasteiger partial charge in [-0.2, -0.15) is 8.42 Å². The van der Waals surface area contributed by atoms with Gasteiger partial charge in [-0.25, -0.2) is 0 Å². The molecular weight excluding hydrogens is 203 g/mol. The first-order chi connectivity index (χ1) is 6.51. The topological polar surface area (TPSA) is 34.1 Å². The summed E-state index contributed by atoms with van der Waals surface area (Å²) in [5, 5.41) is 0. The van der Waals surface area contributed by atoms with E-state index in [1.54, 1.807) is 12.1 Å². The summed E-state index contributed by atoms with van der Waals surface area (Å²) < 4.78 is 33.0. The van der Waals surface area contributed by atoms with Crippen molar-refractivity contribution in [2.45, 2.75) is 25.5 Å². The van der Waals surface area contributed by atoms with Gasteiger partial charge in [0.2, 0.25) is 0 Å². The summed E-state index contributed by atoms with van der Waals surface area (Å²) in [5.74, 6) is -0.528. The standard InChI is InChI=1S/C10H13FO2S/c1-2-3-9-4-6-10(7-5-9)8-14(11,12)13/h4-7H,2-3,8H2,1H3. The molecule has 1 rings (SSSR count). The van der Waals surface area contributed by atoms with Crippen molar-refractivity contribution in [2.75, 3.05) is 0 Å². The number of benzene rings is 1. The number of halogens is 1. The van der Waals surface area contributed by atoms with E-state index < -0.39 is 16.0 Å². The van der Waals surface area contributed by atoms with Gasteiger partial charge in [0.05, 0.1) is 0 Å². The molecule has 0 saturated carbocycles. The molecule has 0 unspecified atom stereocenters. The van der Waals surface area contributed by atoms with Crippen LogP contribution < -0.4 is 0 Å². The monoisotopic (exact) mass is 216 g/mol. The van der Waals surface area contributed by atoms with Crippen LogP contribution >= 0.6 is 0 Å². The van der Waals surface area contributed by atoms with Gasteiger partial charge in [0, 0.05) is 0 Å². The van der Waals surface area contributed by atoms with E-state index in [9.17, 15) is 12.3 Å². The molecule has 1 aromatic carbocycles. The quantitative estimate of drug-likeness (QED) is 0.724. The highest BCUT2D eigenvalue weighted by Gasteiger charge is 2.07. The Kier molecular flexibility index (Phi) is 3.63. The molecule has 0 amide bonds. The Balaban J connectivity index is 2.74. The van der Waals surface area contributed by atoms with Gasteiger partial charge >= 0.3 is 10.2 Å². The Hall–Kier alpha value is -0.900. The predicted octanol–water partition coefficient (Wildman–Crippen LogP) is 2.44. The second-order valence-electron chi connectivity index (χ2n) is 3.25. The van der Waals surface area contributed by atoms with Gasteiger partial charge in [0.15, 0.2) is 0 Å². The average Bonchev–Trinajstić information content (AvgIpc) is 2.06. The van der Waals surface area contributed by atoms with Crippen LogP contribution in [0, 0.1) is 0 Å². The van der Waals surface area contributed by atoms with Gasteiger partial charge in [0.1, 0.15) is 5.75 Å². The molecule has 0 fully saturated rings. The van der Waals surface area contributed by atoms with Crippen LogP contribution in [-0.2, 0) is 22.4 Å². The first kappa shape index (κ1) is 11.2. The maximum Gasteiger partial charge on any atom is 0.306 e. The predicted molar refractivity (Wildman–Crippen MR) is 54.2 cm³/mol. The molecule has 1 aromatic rings. The SMILES string of the molecule is CCCc1ccc(CS(=O)(=O)F)cc1. The van der Waals surface area contributed by atoms with Crippen molar-refractivity contribution in [1.82, 2.24) is 0 Å². The van der Waals surface area contributed by atoms with Crippen molar-refractivity contribution in [3.8, 4) is 0 Å². The third-order valence-corrected chi connectivity index (χ3v) is 2.58. The molecule has 0 heterocycles. The Labute approximate surface area is 84.0 Å². The first-order valence-corrected chi connectivity index (χ1v) is 6.06. The molecule has 0 bridgehead atoms. The summed E-state index contributed by atoms with van der Waals surface area (Å²) in [6.07, 6.45) is 2.00. The van der Waals surface area contributed by atoms with Crippen LogP contribution in [0.25, 0.3) is 0 Å². The van der Waals surface area contributed by atoms with Gasteiger partial charge in [-0.3, -0.25) is 0 Å². The second-order valence-corrected chi connectivity index (χ2v) is 4.62. The van der Waals surface area contributed by atoms with E-state index in [1.165, 1.54) is 0 Å². The Morgan fingerprint density at radius 1 is 1.14 bits per heavy atom. The molecule has 0 saturated heterocycles. The molecule has 0 aromatic heterocycles. The summed E-state index contributed by atoms with van der Waals surface area (Å²) in [6, 6.07) is 6.98. The van der Waals surface area contributed by atoms with Crippen LogP contribution in [0.1, 0.15) is 24.5 Å². The fourth-order valence-corrected chi connectivity index (χ4v) is 1.88. The lowest BCUT2D eigenvalue weighted by molar-refractivity contribution is 0.551. The smallest absolute Gasteiger partial charge is 0.194 e. The fourth-order valence-electron chi connectivity index (χ4n) is 1.29. The zero-order valence-corrected chi connectivity index (χ0v) is 8.85. The zero-order chi connectivity index (χ0) is 10.6. The van der Waals surface area contributed by atoms with E-state index in [2.05, 4.69) is 6.92 Å². The van der Waals surface area contributed by atoms with E-state index in [0.29, 0.717) is 5.56 Å². The minimum absolute atomic E-state index is 0.493. The van der Waals surface area contributed by atoms with Crippen molar-refractivity contribution >= 4 is 10.2 Å². The minimum Gasteiger partial charge on any atom is -0.194 e. The van der Waals surface area contributed by atoms with E-state index in [1.807, 2.05) is 12.1 Å². The molecule has 0 aliphatic rings. The molecule has 0 N–H and O–H groups in total. The number of hydrogen-bond donors (Lipinski definition) is 0. The van der Waals surface area contributed by atoms with E-state index >= 15 is 0 Å². The highest BCUT2D eigenvalue weighted by molar-refractivity contribution is 7.85. The summed E-state index contributed by atoms with van der Waals surface area (Å²) in [7, 11) is -4.40. The van der Waals surface area contributed by atoms with Gasteiger partial charge in [-0.15, -0.1) is 3.89 Å². The fraction of sp³-hybridized carbons (Fsp3) is 0.400. The highest BCUT2D eigenvalue weighted by Crippen LogP contribution is 2.10. The molecule has 78 valence electrons. The summed E-state index contributed by atoms with van der Waals surface area (Å²) in [5.41, 5.74) is 1.64. The number of aryl methyl sites for hydroxylation is 1. The largest absolute Gasteiger partial charge is 0.306 e. The minimum atomic E-state index is -4.40. The highest BCUT2D eigenvalue weighted by atomic mass is 32.3. The molecule has 0 radical (unpaired) electrons. The van der Waals surface area contributed by atoms with E-state index in [-0.39, 0.29) is 0 Å². The molecule has 0 spiro atoms. The molecule has 2 nitrogen and oxygen atoms in total.